The number of piperazine rings is 1. The predicted octanol–water partition coefficient (Wildman–Crippen LogP) is 0.440. The first kappa shape index (κ1) is 19.0. The molecule has 0 aliphatic carbocycles. The Bertz CT molecular complexity index is 1040. The van der Waals surface area contributed by atoms with Crippen LogP contribution >= 0.6 is 0 Å². The van der Waals surface area contributed by atoms with Gasteiger partial charge >= 0.3 is 0 Å². The zero-order valence-corrected chi connectivity index (χ0v) is 17.5. The predicted molar refractivity (Wildman–Crippen MR) is 111 cm³/mol. The van der Waals surface area contributed by atoms with Gasteiger partial charge in [-0.05, 0) is 25.5 Å². The average Bonchev–Trinajstić information content (AvgIpc) is 3.21. The fourth-order valence-electron chi connectivity index (χ4n) is 5.09. The number of H-pyrrole nitrogens is 1. The quantitative estimate of drug-likeness (QED) is 0.780. The van der Waals surface area contributed by atoms with Crippen LogP contribution in [0.25, 0.3) is 10.9 Å². The van der Waals surface area contributed by atoms with Crippen LogP contribution in [-0.2, 0) is 9.84 Å². The van der Waals surface area contributed by atoms with Crippen molar-refractivity contribution in [3.05, 3.63) is 30.0 Å². The molecule has 1 N–H and O–H groups in total. The topological polar surface area (TPSA) is 89.6 Å². The molecule has 3 aliphatic rings. The van der Waals surface area contributed by atoms with Gasteiger partial charge < -0.3 is 14.7 Å². The number of fused-ring (bicyclic) bond motifs is 1. The first-order valence-corrected chi connectivity index (χ1v) is 11.9. The smallest absolute Gasteiger partial charge is 0.275 e. The van der Waals surface area contributed by atoms with Gasteiger partial charge in [-0.2, -0.15) is 5.10 Å². The van der Waals surface area contributed by atoms with Crippen LogP contribution in [0.3, 0.4) is 0 Å². The summed E-state index contributed by atoms with van der Waals surface area (Å²) >= 11 is 0. The van der Waals surface area contributed by atoms with E-state index in [-0.39, 0.29) is 30.7 Å². The third-order valence-electron chi connectivity index (χ3n) is 7.05. The van der Waals surface area contributed by atoms with Crippen molar-refractivity contribution >= 4 is 26.6 Å². The van der Waals surface area contributed by atoms with Crippen LogP contribution in [0.2, 0.25) is 0 Å². The molecule has 8 nitrogen and oxygen atoms in total. The minimum Gasteiger partial charge on any atom is -0.334 e. The first-order chi connectivity index (χ1) is 13.9. The van der Waals surface area contributed by atoms with E-state index in [1.165, 1.54) is 0 Å². The molecule has 4 heterocycles. The number of likely N-dealkylation sites (tertiary alicyclic amines) is 1. The zero-order chi connectivity index (χ0) is 20.2. The van der Waals surface area contributed by atoms with E-state index in [1.807, 2.05) is 24.3 Å². The maximum atomic E-state index is 13.0. The van der Waals surface area contributed by atoms with E-state index >= 15 is 0 Å². The Hall–Kier alpha value is -1.97. The number of benzene rings is 1. The van der Waals surface area contributed by atoms with Crippen LogP contribution in [0, 0.1) is 5.92 Å². The second-order valence-corrected chi connectivity index (χ2v) is 11.2. The summed E-state index contributed by atoms with van der Waals surface area (Å²) in [6.07, 6.45) is 0.696. The number of likely N-dealkylation sites (N-methyl/N-ethyl adjacent to an activating group) is 1. The molecular weight excluding hydrogens is 390 g/mol. The second-order valence-electron chi connectivity index (χ2n) is 8.75. The molecule has 1 spiro atoms. The summed E-state index contributed by atoms with van der Waals surface area (Å²) in [5.41, 5.74) is 1.19. The summed E-state index contributed by atoms with van der Waals surface area (Å²) in [6.45, 7) is 5.37. The normalized spacial score (nSPS) is 26.8. The van der Waals surface area contributed by atoms with E-state index in [1.54, 1.807) is 4.90 Å². The molecule has 0 radical (unpaired) electrons. The molecule has 2 aromatic rings. The van der Waals surface area contributed by atoms with Crippen molar-refractivity contribution in [2.75, 3.05) is 58.6 Å². The number of carbonyl (C=O) groups excluding carboxylic acids is 1. The number of nitrogens with zero attached hydrogens (tertiary/aromatic N) is 4. The molecule has 1 aromatic carbocycles. The van der Waals surface area contributed by atoms with Crippen LogP contribution < -0.4 is 0 Å². The largest absolute Gasteiger partial charge is 0.334 e. The maximum Gasteiger partial charge on any atom is 0.275 e. The van der Waals surface area contributed by atoms with Gasteiger partial charge in [0.1, 0.15) is 4.75 Å². The van der Waals surface area contributed by atoms with Crippen LogP contribution in [0.15, 0.2) is 24.3 Å². The Labute approximate surface area is 170 Å². The summed E-state index contributed by atoms with van der Waals surface area (Å²) in [6, 6.07) is 7.51. The van der Waals surface area contributed by atoms with Gasteiger partial charge in [0, 0.05) is 51.2 Å². The van der Waals surface area contributed by atoms with Crippen molar-refractivity contribution in [2.45, 2.75) is 11.2 Å². The molecule has 3 fully saturated rings. The average molecular weight is 418 g/mol. The molecule has 3 aliphatic heterocycles. The minimum absolute atomic E-state index is 0.0934. The molecule has 9 heteroatoms. The van der Waals surface area contributed by atoms with Crippen molar-refractivity contribution < 1.29 is 13.2 Å². The first-order valence-electron chi connectivity index (χ1n) is 10.3. The molecule has 156 valence electrons. The third kappa shape index (κ3) is 2.98. The highest BCUT2D eigenvalue weighted by Crippen LogP contribution is 2.45. The van der Waals surface area contributed by atoms with E-state index in [9.17, 15) is 13.2 Å². The number of rotatable bonds is 3. The lowest BCUT2D eigenvalue weighted by Gasteiger charge is -2.50. The van der Waals surface area contributed by atoms with Crippen LogP contribution in [-0.4, -0.2) is 103 Å². The van der Waals surface area contributed by atoms with Gasteiger partial charge in [-0.1, -0.05) is 18.2 Å². The minimum atomic E-state index is -3.20. The number of para-hydroxylation sites is 1. The molecule has 0 saturated carbocycles. The molecule has 3 saturated heterocycles. The number of nitrogens with one attached hydrogen (secondary N) is 1. The van der Waals surface area contributed by atoms with Gasteiger partial charge in [-0.25, -0.2) is 8.42 Å². The van der Waals surface area contributed by atoms with E-state index in [0.29, 0.717) is 12.1 Å². The highest BCUT2D eigenvalue weighted by Gasteiger charge is 2.62. The second kappa shape index (κ2) is 6.78. The van der Waals surface area contributed by atoms with Crippen LogP contribution in [0.1, 0.15) is 16.9 Å². The Morgan fingerprint density at radius 2 is 1.93 bits per heavy atom. The lowest BCUT2D eigenvalue weighted by molar-refractivity contribution is 0.0387. The number of carbonyl (C=O) groups is 1. The monoisotopic (exact) mass is 417 g/mol. The Balaban J connectivity index is 1.33. The molecule has 1 atom stereocenters. The Morgan fingerprint density at radius 3 is 2.69 bits per heavy atom. The molecule has 29 heavy (non-hydrogen) atoms. The van der Waals surface area contributed by atoms with Gasteiger partial charge in [0.25, 0.3) is 5.91 Å². The molecule has 1 amide bonds. The van der Waals surface area contributed by atoms with Crippen molar-refractivity contribution in [2.24, 2.45) is 5.92 Å². The van der Waals surface area contributed by atoms with Gasteiger partial charge in [-0.3, -0.25) is 9.89 Å². The van der Waals surface area contributed by atoms with Gasteiger partial charge in [-0.15, -0.1) is 0 Å². The van der Waals surface area contributed by atoms with Crippen molar-refractivity contribution in [3.8, 4) is 0 Å². The fourth-order valence-corrected chi connectivity index (χ4v) is 7.50. The van der Waals surface area contributed by atoms with Crippen molar-refractivity contribution in [3.63, 3.8) is 0 Å². The van der Waals surface area contributed by atoms with Crippen molar-refractivity contribution in [1.82, 2.24) is 24.9 Å². The zero-order valence-electron chi connectivity index (χ0n) is 16.7. The van der Waals surface area contributed by atoms with Crippen LogP contribution in [0.4, 0.5) is 0 Å². The number of aromatic nitrogens is 2. The highest BCUT2D eigenvalue weighted by atomic mass is 32.2. The third-order valence-corrected chi connectivity index (χ3v) is 9.65. The maximum absolute atomic E-state index is 13.0. The Kier molecular flexibility index (Phi) is 4.45. The van der Waals surface area contributed by atoms with E-state index < -0.39 is 14.6 Å². The summed E-state index contributed by atoms with van der Waals surface area (Å²) in [5.74, 6) is 0.142. The molecule has 1 aromatic heterocycles. The standard InChI is InChI=1S/C20H27N5O3S/c1-23-7-9-24(10-8-23)12-15-6-11-29(27,28)20(15)13-25(14-20)19(26)18-16-4-2-3-5-17(16)21-22-18/h2-5,15H,6-14H2,1H3,(H,21,22). The molecule has 5 rings (SSSR count). The van der Waals surface area contributed by atoms with Gasteiger partial charge in [0.05, 0.1) is 11.3 Å². The highest BCUT2D eigenvalue weighted by molar-refractivity contribution is 7.93. The lowest BCUT2D eigenvalue weighted by Crippen LogP contribution is -2.69. The van der Waals surface area contributed by atoms with Crippen molar-refractivity contribution in [1.29, 1.82) is 0 Å². The van der Waals surface area contributed by atoms with E-state index in [2.05, 4.69) is 27.0 Å². The Morgan fingerprint density at radius 1 is 1.21 bits per heavy atom. The van der Waals surface area contributed by atoms with E-state index in [0.717, 1.165) is 43.6 Å². The number of sulfone groups is 1. The number of hydrogen-bond donors (Lipinski definition) is 1. The summed E-state index contributed by atoms with van der Waals surface area (Å²) in [4.78, 5) is 19.4. The van der Waals surface area contributed by atoms with Gasteiger partial charge in [0.2, 0.25) is 0 Å². The lowest BCUT2D eigenvalue weighted by atomic mass is 9.82. The molecular formula is C20H27N5O3S. The summed E-state index contributed by atoms with van der Waals surface area (Å²) in [5, 5.41) is 7.86. The summed E-state index contributed by atoms with van der Waals surface area (Å²) in [7, 11) is -1.08. The van der Waals surface area contributed by atoms with E-state index in [4.69, 9.17) is 0 Å². The van der Waals surface area contributed by atoms with Crippen LogP contribution in [0.5, 0.6) is 0 Å². The number of aromatic amines is 1. The fraction of sp³-hybridized carbons (Fsp3) is 0.600. The van der Waals surface area contributed by atoms with Gasteiger partial charge in [0.15, 0.2) is 15.5 Å². The summed E-state index contributed by atoms with van der Waals surface area (Å²) < 4.78 is 25.1. The molecule has 1 unspecified atom stereocenters. The number of hydrogen-bond acceptors (Lipinski definition) is 6. The molecule has 0 bridgehead atoms. The number of amides is 1. The SMILES string of the molecule is CN1CCN(CC2CCS(=O)(=O)C23CN(C(=O)c2n[nH]c4ccccc24)C3)CC1.